The van der Waals surface area contributed by atoms with Crippen LogP contribution >= 0.6 is 0 Å². The van der Waals surface area contributed by atoms with Gasteiger partial charge in [0.1, 0.15) is 0 Å². The number of nitrogens with two attached hydrogens (primary N) is 1. The van der Waals surface area contributed by atoms with Gasteiger partial charge in [-0.05, 0) is 24.7 Å². The van der Waals surface area contributed by atoms with E-state index in [4.69, 9.17) is 10.6 Å². The lowest BCUT2D eigenvalue weighted by Crippen LogP contribution is -2.42. The van der Waals surface area contributed by atoms with E-state index in [0.717, 1.165) is 32.5 Å². The van der Waals surface area contributed by atoms with Gasteiger partial charge in [0.25, 0.3) is 0 Å². The number of ether oxygens (including phenoxy) is 1. The highest BCUT2D eigenvalue weighted by Gasteiger charge is 2.54. The predicted octanol–water partition coefficient (Wildman–Crippen LogP) is -0.272. The number of hydrogen-bond donors (Lipinski definition) is 3. The van der Waals surface area contributed by atoms with Gasteiger partial charge in [0.2, 0.25) is 0 Å². The van der Waals surface area contributed by atoms with Crippen LogP contribution in [0, 0.1) is 5.41 Å². The number of urea groups is 1. The lowest BCUT2D eigenvalue weighted by molar-refractivity contribution is 0.0547. The van der Waals surface area contributed by atoms with Crippen LogP contribution in [-0.2, 0) is 4.74 Å². The molecule has 2 aliphatic rings. The van der Waals surface area contributed by atoms with Crippen LogP contribution in [0.15, 0.2) is 0 Å². The van der Waals surface area contributed by atoms with Gasteiger partial charge in [-0.15, -0.1) is 0 Å². The summed E-state index contributed by atoms with van der Waals surface area (Å²) in [5.41, 5.74) is 2.40. The van der Waals surface area contributed by atoms with E-state index < -0.39 is 0 Å². The van der Waals surface area contributed by atoms with Crippen molar-refractivity contribution in [1.29, 1.82) is 0 Å². The third-order valence-corrected chi connectivity index (χ3v) is 3.11. The van der Waals surface area contributed by atoms with Gasteiger partial charge in [0.15, 0.2) is 0 Å². The number of rotatable bonds is 1. The Bertz CT molecular complexity index is 213. The Morgan fingerprint density at radius 3 is 2.77 bits per heavy atom. The number of carbonyl (C=O) groups excluding carboxylic acids is 1. The zero-order chi connectivity index (χ0) is 9.31. The maximum Gasteiger partial charge on any atom is 0.329 e. The van der Waals surface area contributed by atoms with Crippen molar-refractivity contribution in [3.05, 3.63) is 0 Å². The van der Waals surface area contributed by atoms with E-state index >= 15 is 0 Å². The molecule has 0 aromatic rings. The summed E-state index contributed by atoms with van der Waals surface area (Å²) < 4.78 is 5.27. The Balaban J connectivity index is 1.82. The summed E-state index contributed by atoms with van der Waals surface area (Å²) >= 11 is 0. The van der Waals surface area contributed by atoms with Crippen molar-refractivity contribution in [3.8, 4) is 0 Å². The minimum Gasteiger partial charge on any atom is -0.381 e. The maximum atomic E-state index is 10.9. The number of hydrogen-bond acceptors (Lipinski definition) is 3. The second-order valence-electron chi connectivity index (χ2n) is 3.85. The van der Waals surface area contributed by atoms with Crippen molar-refractivity contribution in [3.63, 3.8) is 0 Å². The highest BCUT2D eigenvalue weighted by Crippen LogP contribution is 2.53. The van der Waals surface area contributed by atoms with Crippen molar-refractivity contribution in [2.75, 3.05) is 13.2 Å². The summed E-state index contributed by atoms with van der Waals surface area (Å²) in [7, 11) is 0. The normalized spacial score (nSPS) is 29.8. The van der Waals surface area contributed by atoms with Crippen molar-refractivity contribution in [2.45, 2.75) is 25.3 Å². The van der Waals surface area contributed by atoms with Crippen LogP contribution in [0.3, 0.4) is 0 Å². The van der Waals surface area contributed by atoms with Crippen LogP contribution in [0.4, 0.5) is 4.79 Å². The third-order valence-electron chi connectivity index (χ3n) is 3.11. The predicted molar refractivity (Wildman–Crippen MR) is 46.7 cm³/mol. The van der Waals surface area contributed by atoms with Crippen LogP contribution in [-0.4, -0.2) is 25.3 Å². The molecule has 2 amide bonds. The first kappa shape index (κ1) is 8.77. The molecule has 1 aliphatic carbocycles. The fourth-order valence-corrected chi connectivity index (χ4v) is 2.08. The van der Waals surface area contributed by atoms with Crippen LogP contribution in [0.5, 0.6) is 0 Å². The van der Waals surface area contributed by atoms with Gasteiger partial charge in [-0.25, -0.2) is 10.6 Å². The average Bonchev–Trinajstić information content (AvgIpc) is 2.79. The summed E-state index contributed by atoms with van der Waals surface area (Å²) in [5, 5.41) is 2.83. The molecule has 5 heteroatoms. The number of carbonyl (C=O) groups is 1. The fourth-order valence-electron chi connectivity index (χ4n) is 2.08. The van der Waals surface area contributed by atoms with E-state index in [-0.39, 0.29) is 6.03 Å². The van der Waals surface area contributed by atoms with Gasteiger partial charge < -0.3 is 10.1 Å². The molecule has 2 rings (SSSR count). The first-order valence-corrected chi connectivity index (χ1v) is 4.62. The van der Waals surface area contributed by atoms with E-state index in [1.807, 2.05) is 0 Å². The average molecular weight is 185 g/mol. The minimum atomic E-state index is -0.284. The third kappa shape index (κ3) is 1.62. The number of hydrazine groups is 1. The van der Waals surface area contributed by atoms with E-state index in [0.29, 0.717) is 11.5 Å². The molecule has 4 N–H and O–H groups in total. The maximum absolute atomic E-state index is 10.9. The quantitative estimate of drug-likeness (QED) is 0.299. The SMILES string of the molecule is NNC(=O)NC1CC12CCOCC2. The summed E-state index contributed by atoms with van der Waals surface area (Å²) in [5.74, 6) is 4.98. The summed E-state index contributed by atoms with van der Waals surface area (Å²) in [6.07, 6.45) is 3.19. The van der Waals surface area contributed by atoms with Gasteiger partial charge in [0, 0.05) is 19.3 Å². The molecule has 1 atom stereocenters. The molecule has 74 valence electrons. The minimum absolute atomic E-state index is 0.284. The van der Waals surface area contributed by atoms with Crippen LogP contribution < -0.4 is 16.6 Å². The second kappa shape index (κ2) is 3.16. The van der Waals surface area contributed by atoms with E-state index in [1.54, 1.807) is 0 Å². The molecular weight excluding hydrogens is 170 g/mol. The number of nitrogens with one attached hydrogen (secondary N) is 2. The van der Waals surface area contributed by atoms with Crippen molar-refractivity contribution in [1.82, 2.24) is 10.7 Å². The zero-order valence-corrected chi connectivity index (χ0v) is 7.51. The lowest BCUT2D eigenvalue weighted by atomic mass is 9.96. The van der Waals surface area contributed by atoms with Crippen LogP contribution in [0.2, 0.25) is 0 Å². The molecule has 13 heavy (non-hydrogen) atoms. The molecule has 1 saturated heterocycles. The molecule has 1 spiro atoms. The molecule has 2 fully saturated rings. The molecule has 5 nitrogen and oxygen atoms in total. The van der Waals surface area contributed by atoms with Crippen molar-refractivity contribution < 1.29 is 9.53 Å². The Hall–Kier alpha value is -0.810. The Morgan fingerprint density at radius 2 is 2.15 bits per heavy atom. The van der Waals surface area contributed by atoms with Gasteiger partial charge in [0.05, 0.1) is 0 Å². The monoisotopic (exact) mass is 185 g/mol. The molecule has 1 saturated carbocycles. The molecule has 0 bridgehead atoms. The topological polar surface area (TPSA) is 76.4 Å². The summed E-state index contributed by atoms with van der Waals surface area (Å²) in [6.45, 7) is 1.64. The second-order valence-corrected chi connectivity index (χ2v) is 3.85. The highest BCUT2D eigenvalue weighted by atomic mass is 16.5. The van der Waals surface area contributed by atoms with Gasteiger partial charge in [-0.2, -0.15) is 0 Å². The van der Waals surface area contributed by atoms with Gasteiger partial charge >= 0.3 is 6.03 Å². The van der Waals surface area contributed by atoms with Gasteiger partial charge in [-0.3, -0.25) is 5.43 Å². The van der Waals surface area contributed by atoms with E-state index in [1.165, 1.54) is 0 Å². The Labute approximate surface area is 77.0 Å². The summed E-state index contributed by atoms with van der Waals surface area (Å²) in [6, 6.07) is 0.0216. The summed E-state index contributed by atoms with van der Waals surface area (Å²) in [4.78, 5) is 10.9. The first-order valence-electron chi connectivity index (χ1n) is 4.62. The van der Waals surface area contributed by atoms with Crippen molar-refractivity contribution >= 4 is 6.03 Å². The molecule has 0 aromatic carbocycles. The van der Waals surface area contributed by atoms with Crippen molar-refractivity contribution in [2.24, 2.45) is 11.3 Å². The lowest BCUT2D eigenvalue weighted by Gasteiger charge is -2.22. The molecular formula is C8H15N3O2. The Morgan fingerprint density at radius 1 is 1.46 bits per heavy atom. The molecule has 0 radical (unpaired) electrons. The molecule has 0 aromatic heterocycles. The molecule has 1 heterocycles. The molecule has 1 unspecified atom stereocenters. The first-order chi connectivity index (χ1) is 6.27. The highest BCUT2D eigenvalue weighted by molar-refractivity contribution is 5.74. The fraction of sp³-hybridized carbons (Fsp3) is 0.875. The molecule has 1 aliphatic heterocycles. The van der Waals surface area contributed by atoms with Crippen LogP contribution in [0.25, 0.3) is 0 Å². The van der Waals surface area contributed by atoms with Crippen LogP contribution in [0.1, 0.15) is 19.3 Å². The van der Waals surface area contributed by atoms with E-state index in [9.17, 15) is 4.79 Å². The number of amides is 2. The Kier molecular flexibility index (Phi) is 2.13. The van der Waals surface area contributed by atoms with E-state index in [2.05, 4.69) is 10.7 Å². The van der Waals surface area contributed by atoms with Gasteiger partial charge in [-0.1, -0.05) is 0 Å². The zero-order valence-electron chi connectivity index (χ0n) is 7.51. The smallest absolute Gasteiger partial charge is 0.329 e. The largest absolute Gasteiger partial charge is 0.381 e. The standard InChI is InChI=1S/C8H15N3O2/c9-11-7(12)10-6-5-8(6)1-3-13-4-2-8/h6H,1-5,9H2,(H2,10,11,12).